The molecule has 0 aliphatic carbocycles. The van der Waals surface area contributed by atoms with Gasteiger partial charge in [0.2, 0.25) is 0 Å². The van der Waals surface area contributed by atoms with Gasteiger partial charge in [0.05, 0.1) is 0 Å². The molecule has 0 spiro atoms. The Hall–Kier alpha value is -4.33. The normalized spacial score (nSPS) is 11.2. The molecule has 13 nitrogen and oxygen atoms in total. The van der Waals surface area contributed by atoms with E-state index in [1.54, 1.807) is 36.4 Å². The molecule has 2 rings (SSSR count). The number of aliphatic carboxylic acids is 4. The van der Waals surface area contributed by atoms with Crippen LogP contribution in [0, 0.1) is 5.41 Å². The van der Waals surface area contributed by atoms with E-state index in [2.05, 4.69) is 38.2 Å². The molecule has 2 aromatic rings. The minimum absolute atomic E-state index is 0.0169. The Morgan fingerprint density at radius 2 is 1.25 bits per heavy atom. The van der Waals surface area contributed by atoms with Gasteiger partial charge >= 0.3 is 23.9 Å². The van der Waals surface area contributed by atoms with Crippen LogP contribution in [0.5, 0.6) is 5.75 Å². The maximum Gasteiger partial charge on any atom is 0.414 e. The number of aliphatic hydroxyl groups excluding tert-OH is 1. The molecule has 1 unspecified atom stereocenters. The number of ketones is 1. The van der Waals surface area contributed by atoms with Crippen LogP contribution in [0.1, 0.15) is 29.8 Å². The van der Waals surface area contributed by atoms with Gasteiger partial charge in [-0.05, 0) is 43.8 Å². The minimum atomic E-state index is -1.82. The quantitative estimate of drug-likeness (QED) is 0.167. The summed E-state index contributed by atoms with van der Waals surface area (Å²) in [5.74, 6) is -6.68. The lowest BCUT2D eigenvalue weighted by atomic mass is 9.93. The Labute approximate surface area is 231 Å². The van der Waals surface area contributed by atoms with Crippen molar-refractivity contribution in [3.05, 3.63) is 65.7 Å². The van der Waals surface area contributed by atoms with Gasteiger partial charge in [-0.2, -0.15) is 0 Å². The third kappa shape index (κ3) is 16.5. The van der Waals surface area contributed by atoms with Crippen LogP contribution in [-0.2, 0) is 19.2 Å². The minimum Gasteiger partial charge on any atom is -0.491 e. The molecule has 2 aromatic carbocycles. The largest absolute Gasteiger partial charge is 0.491 e. The van der Waals surface area contributed by atoms with E-state index in [0.717, 1.165) is 13.1 Å². The summed E-state index contributed by atoms with van der Waals surface area (Å²) >= 11 is 0. The van der Waals surface area contributed by atoms with Crippen molar-refractivity contribution >= 4 is 29.7 Å². The van der Waals surface area contributed by atoms with Crippen LogP contribution < -0.4 is 10.1 Å². The number of carboxylic acids is 4. The Morgan fingerprint density at radius 3 is 1.68 bits per heavy atom. The fourth-order valence-corrected chi connectivity index (χ4v) is 3.20. The Bertz CT molecular complexity index is 1050. The van der Waals surface area contributed by atoms with Crippen molar-refractivity contribution in [2.75, 3.05) is 40.3 Å². The Kier molecular flexibility index (Phi) is 16.1. The second kappa shape index (κ2) is 18.0. The highest BCUT2D eigenvalue weighted by molar-refractivity contribution is 6.27. The van der Waals surface area contributed by atoms with E-state index in [4.69, 9.17) is 44.3 Å². The number of carboxylic acid groups (broad SMARTS) is 4. The zero-order valence-corrected chi connectivity index (χ0v) is 22.7. The maximum atomic E-state index is 12.4. The first kappa shape index (κ1) is 35.7. The third-order valence-corrected chi connectivity index (χ3v) is 4.69. The van der Waals surface area contributed by atoms with Gasteiger partial charge in [0, 0.05) is 30.8 Å². The van der Waals surface area contributed by atoms with Crippen LogP contribution >= 0.6 is 0 Å². The van der Waals surface area contributed by atoms with E-state index < -0.39 is 30.0 Å². The molecule has 0 radical (unpaired) electrons. The summed E-state index contributed by atoms with van der Waals surface area (Å²) in [4.78, 5) is 51.0. The maximum absolute atomic E-state index is 12.4. The molecule has 0 saturated carbocycles. The van der Waals surface area contributed by atoms with Gasteiger partial charge in [-0.3, -0.25) is 4.79 Å². The van der Waals surface area contributed by atoms with Crippen molar-refractivity contribution in [2.24, 2.45) is 5.41 Å². The fourth-order valence-electron chi connectivity index (χ4n) is 3.20. The zero-order chi connectivity index (χ0) is 30.9. The summed E-state index contributed by atoms with van der Waals surface area (Å²) in [6, 6.07) is 16.2. The summed E-state index contributed by atoms with van der Waals surface area (Å²) in [6.45, 7) is 6.86. The van der Waals surface area contributed by atoms with E-state index in [9.17, 15) is 9.90 Å². The van der Waals surface area contributed by atoms with Gasteiger partial charge in [0.25, 0.3) is 0 Å². The summed E-state index contributed by atoms with van der Waals surface area (Å²) < 4.78 is 5.65. The molecule has 0 amide bonds. The van der Waals surface area contributed by atoms with E-state index >= 15 is 0 Å². The number of hydrogen-bond acceptors (Lipinski definition) is 9. The summed E-state index contributed by atoms with van der Waals surface area (Å²) in [6.07, 6.45) is -0.596. The second-order valence-electron chi connectivity index (χ2n) is 9.44. The van der Waals surface area contributed by atoms with Gasteiger partial charge in [-0.25, -0.2) is 19.2 Å². The van der Waals surface area contributed by atoms with E-state index in [1.165, 1.54) is 0 Å². The number of benzene rings is 2. The highest BCUT2D eigenvalue weighted by Crippen LogP contribution is 2.16. The average Bonchev–Trinajstić information content (AvgIpc) is 2.87. The predicted molar refractivity (Wildman–Crippen MR) is 144 cm³/mol. The van der Waals surface area contributed by atoms with Crippen LogP contribution in [0.15, 0.2) is 54.6 Å². The summed E-state index contributed by atoms with van der Waals surface area (Å²) in [5.41, 5.74) is 1.41. The van der Waals surface area contributed by atoms with Crippen LogP contribution in [0.25, 0.3) is 0 Å². The van der Waals surface area contributed by atoms with Gasteiger partial charge in [0.15, 0.2) is 5.78 Å². The lowest BCUT2D eigenvalue weighted by molar-refractivity contribution is -0.159. The molecule has 0 aliphatic heterocycles. The number of rotatable bonds is 11. The van der Waals surface area contributed by atoms with Crippen molar-refractivity contribution in [1.82, 2.24) is 10.2 Å². The van der Waals surface area contributed by atoms with Crippen molar-refractivity contribution in [3.63, 3.8) is 0 Å². The van der Waals surface area contributed by atoms with Crippen LogP contribution in [0.2, 0.25) is 0 Å². The van der Waals surface area contributed by atoms with Crippen molar-refractivity contribution in [2.45, 2.75) is 20.0 Å². The van der Waals surface area contributed by atoms with E-state index in [-0.39, 0.29) is 17.8 Å². The van der Waals surface area contributed by atoms with Crippen LogP contribution in [0.4, 0.5) is 0 Å². The highest BCUT2D eigenvalue weighted by Gasteiger charge is 2.19. The van der Waals surface area contributed by atoms with Gasteiger partial charge < -0.3 is 40.5 Å². The number of ether oxygens (including phenoxy) is 1. The zero-order valence-electron chi connectivity index (χ0n) is 22.7. The molecule has 0 fully saturated rings. The number of nitrogens with zero attached hydrogens (tertiary/aromatic N) is 1. The van der Waals surface area contributed by atoms with Gasteiger partial charge in [-0.15, -0.1) is 0 Å². The first-order valence-corrected chi connectivity index (χ1v) is 11.8. The number of carbonyl (C=O) groups excluding carboxylic acids is 1. The molecular weight excluding hydrogens is 528 g/mol. The average molecular weight is 565 g/mol. The standard InChI is InChI=1S/C23H32N2O3.2C2H2O4/c1-23(2,17-25(3)4)16-24-14-20(26)15-28-21-12-10-19(11-13-21)22(27)18-8-6-5-7-9-18;2*3-1(4)2(5)6/h5-13,20,24,26H,14-17H2,1-4H3;2*(H,3,4)(H,5,6). The monoisotopic (exact) mass is 564 g/mol. The van der Waals surface area contributed by atoms with E-state index in [1.807, 2.05) is 18.2 Å². The van der Waals surface area contributed by atoms with Crippen LogP contribution in [0.3, 0.4) is 0 Å². The molecule has 0 saturated heterocycles. The third-order valence-electron chi connectivity index (χ3n) is 4.69. The van der Waals surface area contributed by atoms with Crippen molar-refractivity contribution in [3.8, 4) is 5.75 Å². The molecule has 0 heterocycles. The first-order chi connectivity index (χ1) is 18.6. The lowest BCUT2D eigenvalue weighted by Gasteiger charge is -2.29. The summed E-state index contributed by atoms with van der Waals surface area (Å²) in [5, 5.41) is 43.0. The Morgan fingerprint density at radius 1 is 0.800 bits per heavy atom. The number of aliphatic hydroxyl groups is 1. The molecule has 6 N–H and O–H groups in total. The second-order valence-corrected chi connectivity index (χ2v) is 9.44. The van der Waals surface area contributed by atoms with Crippen molar-refractivity contribution < 1.29 is 54.2 Å². The SMILES string of the molecule is CN(C)CC(C)(C)CNCC(O)COc1ccc(C(=O)c2ccccc2)cc1.O=C(O)C(=O)O.O=C(O)C(=O)O. The number of hydrogen-bond donors (Lipinski definition) is 6. The van der Waals surface area contributed by atoms with Gasteiger partial charge in [-0.1, -0.05) is 44.2 Å². The fraction of sp³-hybridized carbons (Fsp3) is 0.370. The number of nitrogens with one attached hydrogen (secondary N) is 1. The Balaban J connectivity index is 0.00000106. The van der Waals surface area contributed by atoms with E-state index in [0.29, 0.717) is 23.4 Å². The first-order valence-electron chi connectivity index (χ1n) is 11.8. The molecule has 220 valence electrons. The molecule has 40 heavy (non-hydrogen) atoms. The van der Waals surface area contributed by atoms with Gasteiger partial charge in [0.1, 0.15) is 18.5 Å². The summed E-state index contributed by atoms with van der Waals surface area (Å²) in [7, 11) is 4.12. The topological polar surface area (TPSA) is 211 Å². The molecule has 1 atom stereocenters. The lowest BCUT2D eigenvalue weighted by Crippen LogP contribution is -2.41. The smallest absolute Gasteiger partial charge is 0.414 e. The molecule has 0 aliphatic rings. The number of carbonyl (C=O) groups is 5. The molecule has 0 bridgehead atoms. The predicted octanol–water partition coefficient (Wildman–Crippen LogP) is 1.15. The molecule has 0 aromatic heterocycles. The molecular formula is C27H36N2O11. The van der Waals surface area contributed by atoms with Crippen molar-refractivity contribution in [1.29, 1.82) is 0 Å². The molecule has 13 heteroatoms. The van der Waals surface area contributed by atoms with Crippen LogP contribution in [-0.4, -0.2) is 107 Å². The highest BCUT2D eigenvalue weighted by atomic mass is 16.5.